The largest absolute Gasteiger partial charge is 0.446 e. The highest BCUT2D eigenvalue weighted by molar-refractivity contribution is 8.00. The Bertz CT molecular complexity index is 573. The first-order valence-corrected chi connectivity index (χ1v) is 6.77. The molecule has 1 heterocycles. The molecule has 0 fully saturated rings. The molecular weight excluding hydrogens is 287 g/mol. The van der Waals surface area contributed by atoms with E-state index in [4.69, 9.17) is 0 Å². The lowest BCUT2D eigenvalue weighted by Crippen LogP contribution is -2.05. The van der Waals surface area contributed by atoms with E-state index in [2.05, 4.69) is 15.5 Å². The minimum absolute atomic E-state index is 0.113. The van der Waals surface area contributed by atoms with Gasteiger partial charge in [-0.25, -0.2) is 0 Å². The minimum atomic E-state index is -4.29. The zero-order valence-corrected chi connectivity index (χ0v) is 11.8. The fraction of sp³-hybridized carbons (Fsp3) is 0.308. The molecule has 0 saturated heterocycles. The quantitative estimate of drug-likeness (QED) is 0.829. The second kappa shape index (κ2) is 5.78. The Hall–Kier alpha value is -1.63. The Kier molecular flexibility index (Phi) is 4.27. The fourth-order valence-corrected chi connectivity index (χ4v) is 2.49. The van der Waals surface area contributed by atoms with Crippen LogP contribution in [0.4, 0.5) is 18.9 Å². The van der Waals surface area contributed by atoms with E-state index < -0.39 is 5.51 Å². The van der Waals surface area contributed by atoms with Crippen LogP contribution in [-0.4, -0.2) is 15.7 Å². The standard InChI is InChI=1S/C13H14F3N3S/c1-8-10(9(2)19-18-8)7-17-11-5-3-4-6-12(11)20-13(14,15)16/h3-6,17H,7H2,1-2H3,(H,18,19). The Morgan fingerprint density at radius 2 is 1.95 bits per heavy atom. The number of halogens is 3. The van der Waals surface area contributed by atoms with Crippen LogP contribution in [-0.2, 0) is 6.54 Å². The van der Waals surface area contributed by atoms with E-state index >= 15 is 0 Å². The molecule has 7 heteroatoms. The van der Waals surface area contributed by atoms with Gasteiger partial charge < -0.3 is 5.32 Å². The molecule has 0 spiro atoms. The summed E-state index contributed by atoms with van der Waals surface area (Å²) in [6.07, 6.45) is 0. The number of alkyl halides is 3. The molecule has 0 amide bonds. The molecule has 0 radical (unpaired) electrons. The van der Waals surface area contributed by atoms with Crippen LogP contribution in [0.1, 0.15) is 17.0 Å². The predicted molar refractivity (Wildman–Crippen MR) is 73.7 cm³/mol. The van der Waals surface area contributed by atoms with Crippen LogP contribution >= 0.6 is 11.8 Å². The summed E-state index contributed by atoms with van der Waals surface area (Å²) in [4.78, 5) is 0.166. The average Bonchev–Trinajstić information content (AvgIpc) is 2.66. The molecule has 2 aromatic rings. The molecule has 1 aromatic heterocycles. The number of nitrogens with one attached hydrogen (secondary N) is 2. The number of aryl methyl sites for hydroxylation is 2. The van der Waals surface area contributed by atoms with Gasteiger partial charge in [-0.3, -0.25) is 5.10 Å². The van der Waals surface area contributed by atoms with Gasteiger partial charge in [0, 0.05) is 28.4 Å². The van der Waals surface area contributed by atoms with E-state index in [9.17, 15) is 13.2 Å². The molecular formula is C13H14F3N3S. The average molecular weight is 301 g/mol. The third-order valence-corrected chi connectivity index (χ3v) is 3.66. The van der Waals surface area contributed by atoms with Gasteiger partial charge in [0.1, 0.15) is 0 Å². The molecule has 20 heavy (non-hydrogen) atoms. The summed E-state index contributed by atoms with van der Waals surface area (Å²) in [5.74, 6) is 0. The Balaban J connectivity index is 2.14. The van der Waals surface area contributed by atoms with Gasteiger partial charge in [0.05, 0.1) is 5.69 Å². The maximum Gasteiger partial charge on any atom is 0.446 e. The maximum atomic E-state index is 12.5. The molecule has 0 bridgehead atoms. The number of benzene rings is 1. The molecule has 108 valence electrons. The monoisotopic (exact) mass is 301 g/mol. The van der Waals surface area contributed by atoms with Gasteiger partial charge >= 0.3 is 5.51 Å². The molecule has 1 aromatic carbocycles. The highest BCUT2D eigenvalue weighted by Gasteiger charge is 2.30. The van der Waals surface area contributed by atoms with Crippen LogP contribution in [0.2, 0.25) is 0 Å². The van der Waals surface area contributed by atoms with Crippen molar-refractivity contribution < 1.29 is 13.2 Å². The van der Waals surface area contributed by atoms with Crippen LogP contribution in [0.5, 0.6) is 0 Å². The first-order chi connectivity index (χ1) is 9.37. The van der Waals surface area contributed by atoms with Crippen molar-refractivity contribution >= 4 is 17.4 Å². The molecule has 0 unspecified atom stereocenters. The van der Waals surface area contributed by atoms with Crippen molar-refractivity contribution in [2.75, 3.05) is 5.32 Å². The summed E-state index contributed by atoms with van der Waals surface area (Å²) >= 11 is -0.113. The Labute approximate surface area is 119 Å². The van der Waals surface area contributed by atoms with E-state index in [0.29, 0.717) is 12.2 Å². The molecule has 0 aliphatic carbocycles. The van der Waals surface area contributed by atoms with E-state index in [0.717, 1.165) is 17.0 Å². The third kappa shape index (κ3) is 3.69. The molecule has 0 saturated carbocycles. The van der Waals surface area contributed by atoms with Crippen molar-refractivity contribution in [3.63, 3.8) is 0 Å². The topological polar surface area (TPSA) is 40.7 Å². The number of H-pyrrole nitrogens is 1. The molecule has 0 aliphatic rings. The fourth-order valence-electron chi connectivity index (χ4n) is 1.84. The first kappa shape index (κ1) is 14.8. The summed E-state index contributed by atoms with van der Waals surface area (Å²) in [5, 5.41) is 9.95. The van der Waals surface area contributed by atoms with Gasteiger partial charge in [-0.1, -0.05) is 12.1 Å². The van der Waals surface area contributed by atoms with Gasteiger partial charge in [0.15, 0.2) is 0 Å². The summed E-state index contributed by atoms with van der Waals surface area (Å²) in [6, 6.07) is 6.39. The normalized spacial score (nSPS) is 11.7. The van der Waals surface area contributed by atoms with Crippen molar-refractivity contribution in [1.82, 2.24) is 10.2 Å². The minimum Gasteiger partial charge on any atom is -0.380 e. The van der Waals surface area contributed by atoms with Crippen molar-refractivity contribution in [3.8, 4) is 0 Å². The lowest BCUT2D eigenvalue weighted by molar-refractivity contribution is -0.0327. The SMILES string of the molecule is Cc1n[nH]c(C)c1CNc1ccccc1SC(F)(F)F. The second-order valence-electron chi connectivity index (χ2n) is 4.31. The molecule has 2 N–H and O–H groups in total. The number of para-hydroxylation sites is 1. The van der Waals surface area contributed by atoms with Gasteiger partial charge in [0.25, 0.3) is 0 Å². The van der Waals surface area contributed by atoms with Crippen molar-refractivity contribution in [3.05, 3.63) is 41.2 Å². The number of thioether (sulfide) groups is 1. The Morgan fingerprint density at radius 1 is 1.25 bits per heavy atom. The van der Waals surface area contributed by atoms with Crippen LogP contribution in [0.25, 0.3) is 0 Å². The number of aromatic amines is 1. The first-order valence-electron chi connectivity index (χ1n) is 5.96. The zero-order chi connectivity index (χ0) is 14.8. The predicted octanol–water partition coefficient (Wildman–Crippen LogP) is 4.25. The summed E-state index contributed by atoms with van der Waals surface area (Å²) < 4.78 is 37.5. The van der Waals surface area contributed by atoms with E-state index in [1.807, 2.05) is 13.8 Å². The molecule has 0 aliphatic heterocycles. The summed E-state index contributed by atoms with van der Waals surface area (Å²) in [7, 11) is 0. The van der Waals surface area contributed by atoms with E-state index in [1.54, 1.807) is 18.2 Å². The van der Waals surface area contributed by atoms with Crippen molar-refractivity contribution in [2.24, 2.45) is 0 Å². The van der Waals surface area contributed by atoms with Crippen molar-refractivity contribution in [2.45, 2.75) is 30.8 Å². The summed E-state index contributed by atoms with van der Waals surface area (Å²) in [5.41, 5.74) is -1.10. The number of hydrogen-bond acceptors (Lipinski definition) is 3. The molecule has 0 atom stereocenters. The molecule has 3 nitrogen and oxygen atoms in total. The highest BCUT2D eigenvalue weighted by atomic mass is 32.2. The number of rotatable bonds is 4. The van der Waals surface area contributed by atoms with Gasteiger partial charge in [-0.05, 0) is 37.7 Å². The van der Waals surface area contributed by atoms with Crippen LogP contribution < -0.4 is 5.32 Å². The van der Waals surface area contributed by atoms with Crippen molar-refractivity contribution in [1.29, 1.82) is 0 Å². The van der Waals surface area contributed by atoms with Gasteiger partial charge in [0.2, 0.25) is 0 Å². The van der Waals surface area contributed by atoms with Gasteiger partial charge in [-0.15, -0.1) is 0 Å². The van der Waals surface area contributed by atoms with E-state index in [-0.39, 0.29) is 16.7 Å². The smallest absolute Gasteiger partial charge is 0.380 e. The van der Waals surface area contributed by atoms with Crippen LogP contribution in [0.3, 0.4) is 0 Å². The number of aromatic nitrogens is 2. The second-order valence-corrected chi connectivity index (χ2v) is 5.42. The lowest BCUT2D eigenvalue weighted by Gasteiger charge is -2.13. The summed E-state index contributed by atoms with van der Waals surface area (Å²) in [6.45, 7) is 4.17. The lowest BCUT2D eigenvalue weighted by atomic mass is 10.2. The molecule has 2 rings (SSSR count). The number of nitrogens with zero attached hydrogens (tertiary/aromatic N) is 1. The van der Waals surface area contributed by atoms with Gasteiger partial charge in [-0.2, -0.15) is 18.3 Å². The van der Waals surface area contributed by atoms with Crippen LogP contribution in [0, 0.1) is 13.8 Å². The van der Waals surface area contributed by atoms with E-state index in [1.165, 1.54) is 6.07 Å². The highest BCUT2D eigenvalue weighted by Crippen LogP contribution is 2.40. The van der Waals surface area contributed by atoms with Crippen LogP contribution in [0.15, 0.2) is 29.2 Å². The zero-order valence-electron chi connectivity index (χ0n) is 11.0. The number of anilines is 1. The third-order valence-electron chi connectivity index (χ3n) is 2.85. The number of hydrogen-bond donors (Lipinski definition) is 2. The Morgan fingerprint density at radius 3 is 2.55 bits per heavy atom. The maximum absolute atomic E-state index is 12.5.